The van der Waals surface area contributed by atoms with Crippen LogP contribution < -0.4 is 5.32 Å². The zero-order valence-electron chi connectivity index (χ0n) is 13.0. The van der Waals surface area contributed by atoms with Crippen molar-refractivity contribution in [2.24, 2.45) is 5.92 Å². The van der Waals surface area contributed by atoms with E-state index in [1.165, 1.54) is 6.07 Å². The van der Waals surface area contributed by atoms with Crippen molar-refractivity contribution in [3.8, 4) is 0 Å². The number of rotatable bonds is 3. The molecule has 1 aliphatic heterocycles. The van der Waals surface area contributed by atoms with Gasteiger partial charge in [-0.1, -0.05) is 30.1 Å². The summed E-state index contributed by atoms with van der Waals surface area (Å²) >= 11 is 11.7. The van der Waals surface area contributed by atoms with Gasteiger partial charge in [-0.2, -0.15) is 0 Å². The lowest BCUT2D eigenvalue weighted by Gasteiger charge is -2.31. The number of nitrogens with zero attached hydrogens (tertiary/aromatic N) is 1. The Bertz CT molecular complexity index is 602. The van der Waals surface area contributed by atoms with E-state index in [4.69, 9.17) is 23.2 Å². The van der Waals surface area contributed by atoms with Crippen LogP contribution in [0, 0.1) is 5.92 Å². The fourth-order valence-electron chi connectivity index (χ4n) is 3.02. The minimum atomic E-state index is -0.336. The third-order valence-corrected chi connectivity index (χ3v) is 4.69. The Morgan fingerprint density at radius 1 is 1.32 bits per heavy atom. The highest BCUT2D eigenvalue weighted by molar-refractivity contribution is 6.42. The molecule has 2 rings (SSSR count). The summed E-state index contributed by atoms with van der Waals surface area (Å²) in [6.07, 6.45) is 0.972. The topological polar surface area (TPSA) is 49.4 Å². The van der Waals surface area contributed by atoms with Crippen LogP contribution in [0.3, 0.4) is 0 Å². The predicted molar refractivity (Wildman–Crippen MR) is 88.4 cm³/mol. The Morgan fingerprint density at radius 2 is 2.00 bits per heavy atom. The molecule has 1 atom stereocenters. The first kappa shape index (κ1) is 17.1. The van der Waals surface area contributed by atoms with Crippen LogP contribution in [-0.4, -0.2) is 35.3 Å². The number of nitrogens with one attached hydrogen (secondary N) is 1. The minimum Gasteiger partial charge on any atom is -0.343 e. The second kappa shape index (κ2) is 6.47. The van der Waals surface area contributed by atoms with E-state index in [9.17, 15) is 9.59 Å². The number of benzene rings is 1. The molecule has 0 aliphatic carbocycles. The average Bonchev–Trinajstić information content (AvgIpc) is 2.71. The van der Waals surface area contributed by atoms with Crippen LogP contribution >= 0.6 is 23.2 Å². The van der Waals surface area contributed by atoms with Gasteiger partial charge in [0.2, 0.25) is 5.91 Å². The molecule has 4 nitrogen and oxygen atoms in total. The van der Waals surface area contributed by atoms with Gasteiger partial charge in [0, 0.05) is 17.6 Å². The number of carbonyl (C=O) groups excluding carboxylic acids is 2. The Hall–Kier alpha value is -1.26. The molecule has 1 aromatic carbocycles. The summed E-state index contributed by atoms with van der Waals surface area (Å²) in [6, 6.07) is 4.63. The maximum atomic E-state index is 12.3. The molecule has 120 valence electrons. The number of amides is 2. The van der Waals surface area contributed by atoms with Gasteiger partial charge in [0.05, 0.1) is 16.6 Å². The van der Waals surface area contributed by atoms with Gasteiger partial charge in [0.1, 0.15) is 0 Å². The molecule has 2 amide bonds. The first-order chi connectivity index (χ1) is 10.2. The van der Waals surface area contributed by atoms with Crippen LogP contribution in [0.4, 0.5) is 0 Å². The van der Waals surface area contributed by atoms with E-state index in [2.05, 4.69) is 26.1 Å². The maximum Gasteiger partial charge on any atom is 0.251 e. The lowest BCUT2D eigenvalue weighted by atomic mass is 9.98. The number of carbonyl (C=O) groups is 2. The van der Waals surface area contributed by atoms with Crippen molar-refractivity contribution in [3.05, 3.63) is 33.8 Å². The van der Waals surface area contributed by atoms with Gasteiger partial charge >= 0.3 is 0 Å². The molecule has 0 aromatic heterocycles. The van der Waals surface area contributed by atoms with Crippen LogP contribution in [0.5, 0.6) is 0 Å². The van der Waals surface area contributed by atoms with E-state index < -0.39 is 0 Å². The van der Waals surface area contributed by atoms with Gasteiger partial charge in [-0.05, 0) is 44.4 Å². The summed E-state index contributed by atoms with van der Waals surface area (Å²) in [5.74, 6) is 0.0736. The fourth-order valence-corrected chi connectivity index (χ4v) is 3.31. The second-order valence-electron chi connectivity index (χ2n) is 6.44. The van der Waals surface area contributed by atoms with Crippen LogP contribution in [0.1, 0.15) is 37.6 Å². The quantitative estimate of drug-likeness (QED) is 0.915. The van der Waals surface area contributed by atoms with Crippen molar-refractivity contribution in [3.63, 3.8) is 0 Å². The zero-order valence-corrected chi connectivity index (χ0v) is 14.5. The van der Waals surface area contributed by atoms with Gasteiger partial charge in [0.15, 0.2) is 0 Å². The van der Waals surface area contributed by atoms with Crippen LogP contribution in [0.15, 0.2) is 18.2 Å². The average molecular weight is 343 g/mol. The van der Waals surface area contributed by atoms with Crippen LogP contribution in [-0.2, 0) is 4.79 Å². The van der Waals surface area contributed by atoms with E-state index in [1.54, 1.807) is 12.1 Å². The molecule has 1 aromatic rings. The van der Waals surface area contributed by atoms with Gasteiger partial charge in [-0.3, -0.25) is 9.59 Å². The van der Waals surface area contributed by atoms with Gasteiger partial charge < -0.3 is 10.2 Å². The maximum absolute atomic E-state index is 12.3. The molecule has 1 aliphatic rings. The summed E-state index contributed by atoms with van der Waals surface area (Å²) in [6.45, 7) is 6.94. The first-order valence-corrected chi connectivity index (χ1v) is 8.00. The van der Waals surface area contributed by atoms with Crippen molar-refractivity contribution in [2.75, 3.05) is 13.1 Å². The number of hydrogen-bond acceptors (Lipinski definition) is 2. The summed E-state index contributed by atoms with van der Waals surface area (Å²) in [5.41, 5.74) is 0.224. The first-order valence-electron chi connectivity index (χ1n) is 7.24. The second-order valence-corrected chi connectivity index (χ2v) is 7.25. The Kier molecular flexibility index (Phi) is 5.03. The lowest BCUT2D eigenvalue weighted by Crippen LogP contribution is -2.47. The number of hydrogen-bond donors (Lipinski definition) is 1. The molecular formula is C16H20Cl2N2O2. The summed E-state index contributed by atoms with van der Waals surface area (Å²) in [5, 5.41) is 3.35. The smallest absolute Gasteiger partial charge is 0.251 e. The summed E-state index contributed by atoms with van der Waals surface area (Å²) < 4.78 is 0. The van der Waals surface area contributed by atoms with E-state index >= 15 is 0 Å². The van der Waals surface area contributed by atoms with E-state index in [-0.39, 0.29) is 23.9 Å². The summed E-state index contributed by atoms with van der Waals surface area (Å²) in [7, 11) is 0. The Balaban J connectivity index is 1.96. The molecule has 22 heavy (non-hydrogen) atoms. The standard InChI is InChI=1S/C16H20Cl2N2O2/c1-10-7-16(2,3)20(9-10)14(21)8-19-15(22)11-4-5-12(17)13(18)6-11/h4-6,10H,7-9H2,1-3H3,(H,19,22). The molecule has 1 heterocycles. The van der Waals surface area contributed by atoms with Crippen molar-refractivity contribution >= 4 is 35.0 Å². The van der Waals surface area contributed by atoms with Crippen LogP contribution in [0.25, 0.3) is 0 Å². The highest BCUT2D eigenvalue weighted by Crippen LogP contribution is 2.32. The highest BCUT2D eigenvalue weighted by atomic mass is 35.5. The van der Waals surface area contributed by atoms with Gasteiger partial charge in [-0.25, -0.2) is 0 Å². The Morgan fingerprint density at radius 3 is 2.55 bits per heavy atom. The normalized spacial score (nSPS) is 20.0. The molecule has 0 spiro atoms. The molecule has 6 heteroatoms. The molecule has 1 N–H and O–H groups in total. The molecule has 0 saturated carbocycles. The third-order valence-electron chi connectivity index (χ3n) is 3.96. The zero-order chi connectivity index (χ0) is 16.5. The number of likely N-dealkylation sites (tertiary alicyclic amines) is 1. The van der Waals surface area contributed by atoms with Crippen molar-refractivity contribution in [1.29, 1.82) is 0 Å². The van der Waals surface area contributed by atoms with E-state index in [0.29, 0.717) is 21.5 Å². The fraction of sp³-hybridized carbons (Fsp3) is 0.500. The molecule has 0 radical (unpaired) electrons. The minimum absolute atomic E-state index is 0.0186. The molecular weight excluding hydrogens is 323 g/mol. The van der Waals surface area contributed by atoms with Crippen molar-refractivity contribution in [1.82, 2.24) is 10.2 Å². The molecule has 0 bridgehead atoms. The van der Waals surface area contributed by atoms with Crippen molar-refractivity contribution in [2.45, 2.75) is 32.7 Å². The predicted octanol–water partition coefficient (Wildman–Crippen LogP) is 3.37. The lowest BCUT2D eigenvalue weighted by molar-refractivity contribution is -0.133. The van der Waals surface area contributed by atoms with Crippen LogP contribution in [0.2, 0.25) is 10.0 Å². The third kappa shape index (κ3) is 3.73. The SMILES string of the molecule is CC1CN(C(=O)CNC(=O)c2ccc(Cl)c(Cl)c2)C(C)(C)C1. The highest BCUT2D eigenvalue weighted by Gasteiger charge is 2.38. The molecule has 1 unspecified atom stereocenters. The monoisotopic (exact) mass is 342 g/mol. The molecule has 1 fully saturated rings. The van der Waals surface area contributed by atoms with E-state index in [1.807, 2.05) is 4.90 Å². The number of halogens is 2. The van der Waals surface area contributed by atoms with Gasteiger partial charge in [-0.15, -0.1) is 0 Å². The summed E-state index contributed by atoms with van der Waals surface area (Å²) in [4.78, 5) is 26.2. The van der Waals surface area contributed by atoms with Crippen molar-refractivity contribution < 1.29 is 9.59 Å². The Labute approximate surface area is 140 Å². The van der Waals surface area contributed by atoms with Gasteiger partial charge in [0.25, 0.3) is 5.91 Å². The molecule has 1 saturated heterocycles. The van der Waals surface area contributed by atoms with E-state index in [0.717, 1.165) is 13.0 Å². The largest absolute Gasteiger partial charge is 0.343 e.